The molecule has 0 N–H and O–H groups in total. The second-order valence-electron chi connectivity index (χ2n) is 4.41. The molecule has 104 valence electrons. The largest absolute Gasteiger partial charge is 0.270 e. The summed E-state index contributed by atoms with van der Waals surface area (Å²) in [4.78, 5) is 0. The van der Waals surface area contributed by atoms with Crippen molar-refractivity contribution in [1.82, 2.24) is 20.2 Å². The van der Waals surface area contributed by atoms with Crippen LogP contribution < -0.4 is 5.01 Å². The van der Waals surface area contributed by atoms with Crippen LogP contribution in [-0.2, 0) is 0 Å². The first-order valence-electron chi connectivity index (χ1n) is 6.51. The normalized spacial score (nSPS) is 10.9. The fourth-order valence-electron chi connectivity index (χ4n) is 1.86. The molecule has 6 nitrogen and oxygen atoms in total. The molecule has 1 heterocycles. The molecule has 0 aliphatic rings. The summed E-state index contributed by atoms with van der Waals surface area (Å²) in [6.07, 6.45) is 1.77. The lowest BCUT2D eigenvalue weighted by atomic mass is 10.2. The molecule has 0 aliphatic heterocycles. The molecule has 0 aliphatic carbocycles. The third kappa shape index (κ3) is 2.94. The van der Waals surface area contributed by atoms with Gasteiger partial charge in [0.25, 0.3) is 5.95 Å². The van der Waals surface area contributed by atoms with Crippen molar-refractivity contribution in [1.29, 1.82) is 0 Å². The minimum Gasteiger partial charge on any atom is -0.233 e. The van der Waals surface area contributed by atoms with Crippen LogP contribution in [0.5, 0.6) is 0 Å². The Balaban J connectivity index is 1.85. The van der Waals surface area contributed by atoms with E-state index in [1.165, 1.54) is 0 Å². The Morgan fingerprint density at radius 1 is 1.00 bits per heavy atom. The lowest BCUT2D eigenvalue weighted by Crippen LogP contribution is -2.15. The van der Waals surface area contributed by atoms with Gasteiger partial charge in [0.05, 0.1) is 11.9 Å². The molecule has 0 atom stereocenters. The number of para-hydroxylation sites is 1. The van der Waals surface area contributed by atoms with Crippen molar-refractivity contribution < 1.29 is 0 Å². The van der Waals surface area contributed by atoms with Crippen LogP contribution in [0.25, 0.3) is 5.69 Å². The van der Waals surface area contributed by atoms with E-state index >= 15 is 0 Å². The third-order valence-corrected chi connectivity index (χ3v) is 2.92. The second-order valence-corrected chi connectivity index (χ2v) is 4.41. The summed E-state index contributed by atoms with van der Waals surface area (Å²) >= 11 is 0. The summed E-state index contributed by atoms with van der Waals surface area (Å²) in [7, 11) is 1.81. The van der Waals surface area contributed by atoms with Gasteiger partial charge in [-0.05, 0) is 28.1 Å². The molecule has 21 heavy (non-hydrogen) atoms. The average Bonchev–Trinajstić information content (AvgIpc) is 3.04. The lowest BCUT2D eigenvalue weighted by molar-refractivity contribution is 0.780. The van der Waals surface area contributed by atoms with Crippen LogP contribution >= 0.6 is 0 Å². The van der Waals surface area contributed by atoms with E-state index in [9.17, 15) is 0 Å². The van der Waals surface area contributed by atoms with Crippen molar-refractivity contribution in [2.24, 2.45) is 5.10 Å². The molecule has 1 aromatic heterocycles. The summed E-state index contributed by atoms with van der Waals surface area (Å²) in [6.45, 7) is 0. The Morgan fingerprint density at radius 3 is 2.38 bits per heavy atom. The van der Waals surface area contributed by atoms with Crippen molar-refractivity contribution in [3.05, 3.63) is 66.2 Å². The average molecular weight is 278 g/mol. The molecule has 0 fully saturated rings. The monoisotopic (exact) mass is 278 g/mol. The van der Waals surface area contributed by atoms with E-state index < -0.39 is 0 Å². The van der Waals surface area contributed by atoms with Gasteiger partial charge in [-0.25, -0.2) is 5.01 Å². The van der Waals surface area contributed by atoms with Gasteiger partial charge in [0.1, 0.15) is 0 Å². The standard InChI is InChI=1S/C15H14N6/c1-20(16-12-13-8-4-2-5-9-13)15-17-18-19-21(15)14-10-6-3-7-11-14/h2-12H,1H3/b16-12-. The molecular formula is C15H14N6. The molecule has 0 saturated heterocycles. The van der Waals surface area contributed by atoms with E-state index in [1.807, 2.05) is 67.7 Å². The lowest BCUT2D eigenvalue weighted by Gasteiger charge is -2.11. The number of hydrogen-bond acceptors (Lipinski definition) is 5. The van der Waals surface area contributed by atoms with Crippen LogP contribution in [0.2, 0.25) is 0 Å². The second kappa shape index (κ2) is 5.96. The fourth-order valence-corrected chi connectivity index (χ4v) is 1.86. The maximum Gasteiger partial charge on any atom is 0.270 e. The van der Waals surface area contributed by atoms with Gasteiger partial charge in [-0.2, -0.15) is 9.78 Å². The Hall–Kier alpha value is -3.02. The van der Waals surface area contributed by atoms with Crippen LogP contribution in [0.3, 0.4) is 0 Å². The molecule has 3 rings (SSSR count). The van der Waals surface area contributed by atoms with Crippen LogP contribution in [-0.4, -0.2) is 33.5 Å². The number of aromatic nitrogens is 4. The van der Waals surface area contributed by atoms with E-state index in [0.717, 1.165) is 11.3 Å². The van der Waals surface area contributed by atoms with E-state index in [4.69, 9.17) is 0 Å². The molecule has 0 saturated carbocycles. The third-order valence-electron chi connectivity index (χ3n) is 2.92. The van der Waals surface area contributed by atoms with Crippen molar-refractivity contribution in [3.63, 3.8) is 0 Å². The van der Waals surface area contributed by atoms with Crippen molar-refractivity contribution in [2.75, 3.05) is 12.1 Å². The van der Waals surface area contributed by atoms with E-state index in [0.29, 0.717) is 5.95 Å². The predicted octanol–water partition coefficient (Wildman–Crippen LogP) is 2.13. The summed E-state index contributed by atoms with van der Waals surface area (Å²) in [5.74, 6) is 0.549. The number of tetrazole rings is 1. The Kier molecular flexibility index (Phi) is 3.68. The number of hydrogen-bond donors (Lipinski definition) is 0. The molecule has 3 aromatic rings. The molecular weight excluding hydrogens is 264 g/mol. The van der Waals surface area contributed by atoms with Crippen molar-refractivity contribution in [2.45, 2.75) is 0 Å². The Morgan fingerprint density at radius 2 is 1.67 bits per heavy atom. The van der Waals surface area contributed by atoms with E-state index in [-0.39, 0.29) is 0 Å². The molecule has 0 unspecified atom stereocenters. The van der Waals surface area contributed by atoms with Crippen LogP contribution in [0.1, 0.15) is 5.56 Å². The Labute approximate surface area is 122 Å². The number of nitrogens with zero attached hydrogens (tertiary/aromatic N) is 6. The van der Waals surface area contributed by atoms with Crippen molar-refractivity contribution >= 4 is 12.2 Å². The number of anilines is 1. The SMILES string of the molecule is CN(/N=C\c1ccccc1)c1nnnn1-c1ccccc1. The quantitative estimate of drug-likeness (QED) is 0.542. The highest BCUT2D eigenvalue weighted by Crippen LogP contribution is 2.13. The predicted molar refractivity (Wildman–Crippen MR) is 81.6 cm³/mol. The summed E-state index contributed by atoms with van der Waals surface area (Å²) < 4.78 is 1.64. The van der Waals surface area contributed by atoms with Gasteiger partial charge >= 0.3 is 0 Å². The zero-order chi connectivity index (χ0) is 14.5. The molecule has 0 amide bonds. The van der Waals surface area contributed by atoms with Gasteiger partial charge in [-0.3, -0.25) is 0 Å². The highest BCUT2D eigenvalue weighted by atomic mass is 15.6. The van der Waals surface area contributed by atoms with Crippen LogP contribution in [0, 0.1) is 0 Å². The van der Waals surface area contributed by atoms with E-state index in [2.05, 4.69) is 20.6 Å². The molecule has 0 spiro atoms. The summed E-state index contributed by atoms with van der Waals surface area (Å²) in [5, 5.41) is 17.8. The molecule has 0 bridgehead atoms. The first-order chi connectivity index (χ1) is 10.3. The van der Waals surface area contributed by atoms with Gasteiger partial charge < -0.3 is 0 Å². The summed E-state index contributed by atoms with van der Waals surface area (Å²) in [5.41, 5.74) is 1.90. The van der Waals surface area contributed by atoms with Gasteiger partial charge in [0.15, 0.2) is 0 Å². The van der Waals surface area contributed by atoms with Crippen molar-refractivity contribution in [3.8, 4) is 5.69 Å². The summed E-state index contributed by atoms with van der Waals surface area (Å²) in [6, 6.07) is 19.6. The van der Waals surface area contributed by atoms with Crippen LogP contribution in [0.4, 0.5) is 5.95 Å². The number of rotatable bonds is 4. The molecule has 0 radical (unpaired) electrons. The van der Waals surface area contributed by atoms with E-state index in [1.54, 1.807) is 15.9 Å². The maximum atomic E-state index is 4.37. The van der Waals surface area contributed by atoms with Gasteiger partial charge in [0, 0.05) is 7.05 Å². The fraction of sp³-hybridized carbons (Fsp3) is 0.0667. The van der Waals surface area contributed by atoms with Gasteiger partial charge in [-0.1, -0.05) is 53.6 Å². The topological polar surface area (TPSA) is 59.2 Å². The number of benzene rings is 2. The highest BCUT2D eigenvalue weighted by Gasteiger charge is 2.11. The Bertz CT molecular complexity index is 720. The number of hydrazone groups is 1. The zero-order valence-electron chi connectivity index (χ0n) is 11.5. The molecule has 2 aromatic carbocycles. The maximum absolute atomic E-state index is 4.37. The smallest absolute Gasteiger partial charge is 0.233 e. The van der Waals surface area contributed by atoms with Crippen LogP contribution in [0.15, 0.2) is 65.8 Å². The zero-order valence-corrected chi connectivity index (χ0v) is 11.5. The minimum absolute atomic E-state index is 0.549. The van der Waals surface area contributed by atoms with Gasteiger partial charge in [0.2, 0.25) is 0 Å². The van der Waals surface area contributed by atoms with Gasteiger partial charge in [-0.15, -0.1) is 0 Å². The minimum atomic E-state index is 0.549. The first-order valence-corrected chi connectivity index (χ1v) is 6.51. The highest BCUT2D eigenvalue weighted by molar-refractivity contribution is 5.80. The molecule has 6 heteroatoms. The first kappa shape index (κ1) is 13.0.